The second kappa shape index (κ2) is 6.40. The van der Waals surface area contributed by atoms with Gasteiger partial charge in [0, 0.05) is 11.8 Å². The fourth-order valence-electron chi connectivity index (χ4n) is 1.45. The van der Waals surface area contributed by atoms with Gasteiger partial charge in [0.05, 0.1) is 6.26 Å². The quantitative estimate of drug-likeness (QED) is 0.857. The Balaban J connectivity index is 2.68. The second-order valence-electron chi connectivity index (χ2n) is 5.55. The molecule has 0 aromatic carbocycles. The van der Waals surface area contributed by atoms with Gasteiger partial charge < -0.3 is 4.74 Å². The minimum atomic E-state index is -3.54. The molecule has 0 radical (unpaired) electrons. The summed E-state index contributed by atoms with van der Waals surface area (Å²) in [5, 5.41) is 2.48. The van der Waals surface area contributed by atoms with Crippen molar-refractivity contribution in [2.75, 3.05) is 11.6 Å². The van der Waals surface area contributed by atoms with Gasteiger partial charge in [-0.3, -0.25) is 9.50 Å². The molecule has 0 saturated heterocycles. The first kappa shape index (κ1) is 17.4. The Labute approximate surface area is 124 Å². The third-order valence-electron chi connectivity index (χ3n) is 2.20. The molecule has 0 aliphatic rings. The zero-order valence-corrected chi connectivity index (χ0v) is 13.5. The summed E-state index contributed by atoms with van der Waals surface area (Å²) in [6.07, 6.45) is 1.16. The number of hydrogen-bond acceptors (Lipinski definition) is 6. The highest BCUT2D eigenvalue weighted by molar-refractivity contribution is 7.86. The van der Waals surface area contributed by atoms with Crippen LogP contribution in [0.2, 0.25) is 0 Å². The van der Waals surface area contributed by atoms with E-state index in [0.717, 1.165) is 6.26 Å². The van der Waals surface area contributed by atoms with Crippen molar-refractivity contribution in [1.29, 1.82) is 0 Å². The number of aromatic nitrogens is 1. The zero-order chi connectivity index (χ0) is 16.3. The molecule has 1 atom stereocenters. The Morgan fingerprint density at radius 1 is 1.33 bits per heavy atom. The SMILES string of the molecule is CC(OS(C)(=O)=O)c1ccc(NC(=O)OC(C)(C)C)nc1. The number of ether oxygens (including phenoxy) is 1. The van der Waals surface area contributed by atoms with Crippen molar-refractivity contribution in [3.05, 3.63) is 23.9 Å². The van der Waals surface area contributed by atoms with Crippen LogP contribution in [0.15, 0.2) is 18.3 Å². The first-order valence-corrected chi connectivity index (χ1v) is 8.12. The highest BCUT2D eigenvalue weighted by atomic mass is 32.2. The van der Waals surface area contributed by atoms with Gasteiger partial charge in [-0.15, -0.1) is 0 Å². The van der Waals surface area contributed by atoms with E-state index in [2.05, 4.69) is 10.3 Å². The molecule has 1 aromatic heterocycles. The molecule has 0 aliphatic heterocycles. The predicted molar refractivity (Wildman–Crippen MR) is 78.4 cm³/mol. The molecule has 1 N–H and O–H groups in total. The Morgan fingerprint density at radius 2 is 1.95 bits per heavy atom. The van der Waals surface area contributed by atoms with Crippen LogP contribution >= 0.6 is 0 Å². The van der Waals surface area contributed by atoms with E-state index in [0.29, 0.717) is 11.4 Å². The van der Waals surface area contributed by atoms with Crippen molar-refractivity contribution < 1.29 is 22.1 Å². The summed E-state index contributed by atoms with van der Waals surface area (Å²) in [5.41, 5.74) is -0.0165. The molecule has 118 valence electrons. The average molecular weight is 316 g/mol. The molecule has 1 rings (SSSR count). The number of anilines is 1. The summed E-state index contributed by atoms with van der Waals surface area (Å²) in [4.78, 5) is 15.6. The van der Waals surface area contributed by atoms with Crippen LogP contribution in [0.1, 0.15) is 39.4 Å². The standard InChI is InChI=1S/C13H20N2O5S/c1-9(20-21(5,17)18)10-6-7-11(14-8-10)15-12(16)19-13(2,3)4/h6-9H,1-5H3,(H,14,15,16). The third kappa shape index (κ3) is 7.05. The summed E-state index contributed by atoms with van der Waals surface area (Å²) in [7, 11) is -3.54. The van der Waals surface area contributed by atoms with Crippen molar-refractivity contribution in [2.45, 2.75) is 39.4 Å². The lowest BCUT2D eigenvalue weighted by atomic mass is 10.2. The van der Waals surface area contributed by atoms with Crippen molar-refractivity contribution in [3.63, 3.8) is 0 Å². The van der Waals surface area contributed by atoms with Gasteiger partial charge in [-0.2, -0.15) is 8.42 Å². The summed E-state index contributed by atoms with van der Waals surface area (Å²) in [5.74, 6) is 0.305. The molecular formula is C13H20N2O5S. The van der Waals surface area contributed by atoms with Gasteiger partial charge in [0.2, 0.25) is 0 Å². The molecule has 0 saturated carbocycles. The Hall–Kier alpha value is -1.67. The number of carbonyl (C=O) groups excluding carboxylic acids is 1. The van der Waals surface area contributed by atoms with Gasteiger partial charge in [0.15, 0.2) is 0 Å². The van der Waals surface area contributed by atoms with Crippen LogP contribution in [0.25, 0.3) is 0 Å². The molecule has 8 heteroatoms. The molecule has 0 aliphatic carbocycles. The molecule has 0 fully saturated rings. The van der Waals surface area contributed by atoms with E-state index in [9.17, 15) is 13.2 Å². The average Bonchev–Trinajstić information content (AvgIpc) is 2.24. The van der Waals surface area contributed by atoms with Gasteiger partial charge in [0.1, 0.15) is 17.5 Å². The van der Waals surface area contributed by atoms with E-state index in [1.165, 1.54) is 6.20 Å². The van der Waals surface area contributed by atoms with Crippen molar-refractivity contribution in [1.82, 2.24) is 4.98 Å². The van der Waals surface area contributed by atoms with Crippen LogP contribution in [0.4, 0.5) is 10.6 Å². The van der Waals surface area contributed by atoms with Gasteiger partial charge in [0.25, 0.3) is 10.1 Å². The predicted octanol–water partition coefficient (Wildman–Crippen LogP) is 2.47. The van der Waals surface area contributed by atoms with Crippen LogP contribution < -0.4 is 5.32 Å². The van der Waals surface area contributed by atoms with E-state index < -0.39 is 27.9 Å². The zero-order valence-electron chi connectivity index (χ0n) is 12.7. The van der Waals surface area contributed by atoms with E-state index in [1.807, 2.05) is 0 Å². The highest BCUT2D eigenvalue weighted by Gasteiger charge is 2.17. The maximum Gasteiger partial charge on any atom is 0.413 e. The molecule has 1 amide bonds. The lowest BCUT2D eigenvalue weighted by molar-refractivity contribution is 0.0635. The number of nitrogens with one attached hydrogen (secondary N) is 1. The molecule has 0 bridgehead atoms. The van der Waals surface area contributed by atoms with Crippen LogP contribution in [0.5, 0.6) is 0 Å². The summed E-state index contributed by atoms with van der Waals surface area (Å²) in [6.45, 7) is 6.87. The smallest absolute Gasteiger partial charge is 0.413 e. The van der Waals surface area contributed by atoms with Crippen molar-refractivity contribution in [3.8, 4) is 0 Å². The van der Waals surface area contributed by atoms with E-state index in [4.69, 9.17) is 8.92 Å². The number of hydrogen-bond donors (Lipinski definition) is 1. The Bertz CT molecular complexity index is 590. The van der Waals surface area contributed by atoms with Crippen molar-refractivity contribution >= 4 is 22.0 Å². The normalized spacial score (nSPS) is 13.6. The van der Waals surface area contributed by atoms with Gasteiger partial charge in [-0.1, -0.05) is 6.07 Å². The van der Waals surface area contributed by atoms with Gasteiger partial charge in [-0.05, 0) is 33.8 Å². The molecule has 1 aromatic rings. The summed E-state index contributed by atoms with van der Waals surface area (Å²) in [6, 6.07) is 3.16. The van der Waals surface area contributed by atoms with E-state index in [1.54, 1.807) is 39.8 Å². The maximum atomic E-state index is 11.6. The molecule has 21 heavy (non-hydrogen) atoms. The van der Waals surface area contributed by atoms with E-state index in [-0.39, 0.29) is 0 Å². The first-order chi connectivity index (χ1) is 9.46. The number of pyridine rings is 1. The second-order valence-corrected chi connectivity index (χ2v) is 7.15. The number of amides is 1. The molecule has 1 heterocycles. The third-order valence-corrected chi connectivity index (χ3v) is 2.84. The number of nitrogens with zero attached hydrogens (tertiary/aromatic N) is 1. The van der Waals surface area contributed by atoms with E-state index >= 15 is 0 Å². The fourth-order valence-corrected chi connectivity index (χ4v) is 2.08. The van der Waals surface area contributed by atoms with Crippen LogP contribution in [-0.4, -0.2) is 31.4 Å². The monoisotopic (exact) mass is 316 g/mol. The number of carbonyl (C=O) groups is 1. The minimum Gasteiger partial charge on any atom is -0.444 e. The Kier molecular flexibility index (Phi) is 5.30. The molecular weight excluding hydrogens is 296 g/mol. The maximum absolute atomic E-state index is 11.6. The molecule has 7 nitrogen and oxygen atoms in total. The minimum absolute atomic E-state index is 0.305. The summed E-state index contributed by atoms with van der Waals surface area (Å²) < 4.78 is 32.0. The van der Waals surface area contributed by atoms with Crippen LogP contribution in [-0.2, 0) is 19.0 Å². The Morgan fingerprint density at radius 3 is 2.38 bits per heavy atom. The van der Waals surface area contributed by atoms with Crippen molar-refractivity contribution in [2.24, 2.45) is 0 Å². The van der Waals surface area contributed by atoms with Gasteiger partial charge in [-0.25, -0.2) is 9.78 Å². The highest BCUT2D eigenvalue weighted by Crippen LogP contribution is 2.19. The largest absolute Gasteiger partial charge is 0.444 e. The van der Waals surface area contributed by atoms with Crippen LogP contribution in [0.3, 0.4) is 0 Å². The van der Waals surface area contributed by atoms with Gasteiger partial charge >= 0.3 is 6.09 Å². The first-order valence-electron chi connectivity index (χ1n) is 6.30. The molecule has 0 spiro atoms. The lowest BCUT2D eigenvalue weighted by Gasteiger charge is -2.19. The van der Waals surface area contributed by atoms with Crippen LogP contribution in [0, 0.1) is 0 Å². The topological polar surface area (TPSA) is 94.6 Å². The lowest BCUT2D eigenvalue weighted by Crippen LogP contribution is -2.27. The summed E-state index contributed by atoms with van der Waals surface area (Å²) >= 11 is 0. The fraction of sp³-hybridized carbons (Fsp3) is 0.538. The number of rotatable bonds is 4. The molecule has 1 unspecified atom stereocenters.